The van der Waals surface area contributed by atoms with Crippen molar-refractivity contribution in [2.75, 3.05) is 12.4 Å². The summed E-state index contributed by atoms with van der Waals surface area (Å²) in [5.74, 6) is -0.122. The first-order chi connectivity index (χ1) is 9.69. The van der Waals surface area contributed by atoms with Crippen molar-refractivity contribution in [1.82, 2.24) is 9.97 Å². The first-order valence-corrected chi connectivity index (χ1v) is 6.18. The number of rotatable bonds is 3. The number of aromatic amines is 1. The van der Waals surface area contributed by atoms with Crippen LogP contribution in [0.2, 0.25) is 0 Å². The maximum Gasteiger partial charge on any atom is 0.335 e. The highest BCUT2D eigenvalue weighted by Crippen LogP contribution is 2.28. The molecule has 3 rings (SSSR count). The lowest BCUT2D eigenvalue weighted by molar-refractivity contribution is 0.0697. The van der Waals surface area contributed by atoms with Crippen LogP contribution in [0.1, 0.15) is 10.4 Å². The molecule has 0 fully saturated rings. The van der Waals surface area contributed by atoms with E-state index in [0.29, 0.717) is 0 Å². The largest absolute Gasteiger partial charge is 0.478 e. The zero-order valence-electron chi connectivity index (χ0n) is 10.8. The van der Waals surface area contributed by atoms with Crippen LogP contribution in [0.5, 0.6) is 0 Å². The maximum atomic E-state index is 10.9. The van der Waals surface area contributed by atoms with Gasteiger partial charge in [0.2, 0.25) is 0 Å². The fraction of sp³-hybridized carbons (Fsp3) is 0.0667. The molecule has 0 aliphatic heterocycles. The van der Waals surface area contributed by atoms with Crippen LogP contribution >= 0.6 is 0 Å². The molecule has 0 saturated carbocycles. The molecular weight excluding hydrogens is 254 g/mol. The van der Waals surface area contributed by atoms with Crippen LogP contribution in [0.3, 0.4) is 0 Å². The summed E-state index contributed by atoms with van der Waals surface area (Å²) in [6, 6.07) is 10.7. The molecular formula is C15H13N3O2. The number of carboxylic acids is 1. The number of anilines is 1. The summed E-state index contributed by atoms with van der Waals surface area (Å²) in [5.41, 5.74) is 3.05. The Morgan fingerprint density at radius 2 is 1.95 bits per heavy atom. The van der Waals surface area contributed by atoms with E-state index < -0.39 is 5.97 Å². The molecule has 0 bridgehead atoms. The van der Waals surface area contributed by atoms with Crippen LogP contribution in [0.4, 0.5) is 5.82 Å². The second-order valence-electron chi connectivity index (χ2n) is 4.43. The van der Waals surface area contributed by atoms with Crippen LogP contribution in [-0.2, 0) is 0 Å². The summed E-state index contributed by atoms with van der Waals surface area (Å²) in [6.07, 6.45) is 1.88. The number of aromatic carboxylic acids is 1. The van der Waals surface area contributed by atoms with Crippen LogP contribution < -0.4 is 5.32 Å². The van der Waals surface area contributed by atoms with Gasteiger partial charge in [0, 0.05) is 24.2 Å². The van der Waals surface area contributed by atoms with E-state index in [4.69, 9.17) is 5.11 Å². The average Bonchev–Trinajstić information content (AvgIpc) is 2.90. The molecule has 5 heteroatoms. The number of nitrogens with one attached hydrogen (secondary N) is 2. The van der Waals surface area contributed by atoms with Gasteiger partial charge in [-0.25, -0.2) is 9.78 Å². The number of hydrogen-bond donors (Lipinski definition) is 3. The standard InChI is InChI=1S/C15H13N3O2/c1-16-13-7-6-11-12(8-17-14(11)18-13)9-2-4-10(5-3-9)15(19)20/h2-8H,1H3,(H,19,20)(H2,16,17,18). The molecule has 2 heterocycles. The van der Waals surface area contributed by atoms with E-state index in [1.807, 2.05) is 25.4 Å². The molecule has 2 aromatic heterocycles. The summed E-state index contributed by atoms with van der Waals surface area (Å²) < 4.78 is 0. The van der Waals surface area contributed by atoms with Gasteiger partial charge in [-0.05, 0) is 29.8 Å². The maximum absolute atomic E-state index is 10.9. The minimum Gasteiger partial charge on any atom is -0.478 e. The number of benzene rings is 1. The summed E-state index contributed by atoms with van der Waals surface area (Å²) in [4.78, 5) is 18.4. The minimum absolute atomic E-state index is 0.282. The molecule has 0 aliphatic carbocycles. The van der Waals surface area contributed by atoms with E-state index >= 15 is 0 Å². The van der Waals surface area contributed by atoms with E-state index in [1.165, 1.54) is 0 Å². The molecule has 0 saturated heterocycles. The number of aromatic nitrogens is 2. The second-order valence-corrected chi connectivity index (χ2v) is 4.43. The Hall–Kier alpha value is -2.82. The molecule has 20 heavy (non-hydrogen) atoms. The van der Waals surface area contributed by atoms with Gasteiger partial charge in [0.1, 0.15) is 11.5 Å². The molecule has 0 aliphatic rings. The normalized spacial score (nSPS) is 10.7. The SMILES string of the molecule is CNc1ccc2c(-c3ccc(C(=O)O)cc3)c[nH]c2n1. The number of carboxylic acid groups (broad SMARTS) is 1. The fourth-order valence-electron chi connectivity index (χ4n) is 2.18. The molecule has 3 aromatic rings. The number of nitrogens with zero attached hydrogens (tertiary/aromatic N) is 1. The number of fused-ring (bicyclic) bond motifs is 1. The van der Waals surface area contributed by atoms with Crippen molar-refractivity contribution in [3.63, 3.8) is 0 Å². The molecule has 0 unspecified atom stereocenters. The topological polar surface area (TPSA) is 78.0 Å². The second kappa shape index (κ2) is 4.70. The summed E-state index contributed by atoms with van der Waals surface area (Å²) in [5, 5.41) is 12.9. The third-order valence-electron chi connectivity index (χ3n) is 3.24. The third kappa shape index (κ3) is 1.99. The summed E-state index contributed by atoms with van der Waals surface area (Å²) in [7, 11) is 1.82. The van der Waals surface area contributed by atoms with E-state index in [2.05, 4.69) is 15.3 Å². The molecule has 100 valence electrons. The van der Waals surface area contributed by atoms with Crippen molar-refractivity contribution in [2.45, 2.75) is 0 Å². The van der Waals surface area contributed by atoms with Gasteiger partial charge in [-0.1, -0.05) is 12.1 Å². The summed E-state index contributed by atoms with van der Waals surface area (Å²) in [6.45, 7) is 0. The number of pyridine rings is 1. The van der Waals surface area contributed by atoms with Crippen molar-refractivity contribution in [2.24, 2.45) is 0 Å². The van der Waals surface area contributed by atoms with E-state index in [9.17, 15) is 4.79 Å². The molecule has 5 nitrogen and oxygen atoms in total. The van der Waals surface area contributed by atoms with E-state index in [-0.39, 0.29) is 5.56 Å². The summed E-state index contributed by atoms with van der Waals surface area (Å²) >= 11 is 0. The molecule has 3 N–H and O–H groups in total. The average molecular weight is 267 g/mol. The van der Waals surface area contributed by atoms with E-state index in [1.54, 1.807) is 24.3 Å². The van der Waals surface area contributed by atoms with Crippen molar-refractivity contribution >= 4 is 22.8 Å². The van der Waals surface area contributed by atoms with Gasteiger partial charge in [-0.15, -0.1) is 0 Å². The monoisotopic (exact) mass is 267 g/mol. The zero-order valence-corrected chi connectivity index (χ0v) is 10.8. The van der Waals surface area contributed by atoms with Crippen molar-refractivity contribution in [3.05, 3.63) is 48.2 Å². The molecule has 0 atom stereocenters. The van der Waals surface area contributed by atoms with Crippen LogP contribution in [0.25, 0.3) is 22.2 Å². The third-order valence-corrected chi connectivity index (χ3v) is 3.24. The number of hydrogen-bond acceptors (Lipinski definition) is 3. The van der Waals surface area contributed by atoms with Gasteiger partial charge in [-0.2, -0.15) is 0 Å². The highest BCUT2D eigenvalue weighted by molar-refractivity contribution is 5.95. The van der Waals surface area contributed by atoms with Gasteiger partial charge in [0.05, 0.1) is 5.56 Å². The van der Waals surface area contributed by atoms with Crippen LogP contribution in [0, 0.1) is 0 Å². The fourth-order valence-corrected chi connectivity index (χ4v) is 2.18. The molecule has 1 aromatic carbocycles. The quantitative estimate of drug-likeness (QED) is 0.681. The Balaban J connectivity index is 2.07. The predicted molar refractivity (Wildman–Crippen MR) is 78.0 cm³/mol. The van der Waals surface area contributed by atoms with Gasteiger partial charge in [0.25, 0.3) is 0 Å². The molecule has 0 amide bonds. The lowest BCUT2D eigenvalue weighted by Gasteiger charge is -2.02. The van der Waals surface area contributed by atoms with Crippen LogP contribution in [0.15, 0.2) is 42.6 Å². The lowest BCUT2D eigenvalue weighted by Crippen LogP contribution is -1.94. The van der Waals surface area contributed by atoms with Gasteiger partial charge in [-0.3, -0.25) is 0 Å². The van der Waals surface area contributed by atoms with Gasteiger partial charge in [0.15, 0.2) is 0 Å². The minimum atomic E-state index is -0.921. The Bertz CT molecular complexity index is 775. The highest BCUT2D eigenvalue weighted by Gasteiger charge is 2.09. The zero-order chi connectivity index (χ0) is 14.1. The first-order valence-electron chi connectivity index (χ1n) is 6.18. The van der Waals surface area contributed by atoms with Crippen molar-refractivity contribution in [1.29, 1.82) is 0 Å². The van der Waals surface area contributed by atoms with Crippen molar-refractivity contribution < 1.29 is 9.90 Å². The molecule has 0 radical (unpaired) electrons. The smallest absolute Gasteiger partial charge is 0.335 e. The number of H-pyrrole nitrogens is 1. The molecule has 0 spiro atoms. The van der Waals surface area contributed by atoms with Gasteiger partial charge < -0.3 is 15.4 Å². The first kappa shape index (κ1) is 12.2. The van der Waals surface area contributed by atoms with E-state index in [0.717, 1.165) is 28.0 Å². The predicted octanol–water partition coefficient (Wildman–Crippen LogP) is 2.97. The Morgan fingerprint density at radius 1 is 1.20 bits per heavy atom. The Morgan fingerprint density at radius 3 is 2.60 bits per heavy atom. The van der Waals surface area contributed by atoms with Crippen molar-refractivity contribution in [3.8, 4) is 11.1 Å². The van der Waals surface area contributed by atoms with Gasteiger partial charge >= 0.3 is 5.97 Å². The lowest BCUT2D eigenvalue weighted by atomic mass is 10.0. The number of carbonyl (C=O) groups is 1. The highest BCUT2D eigenvalue weighted by atomic mass is 16.4. The Labute approximate surface area is 115 Å². The Kier molecular flexibility index (Phi) is 2.87. The van der Waals surface area contributed by atoms with Crippen LogP contribution in [-0.4, -0.2) is 28.1 Å².